The molecule has 0 unspecified atom stereocenters. The van der Waals surface area contributed by atoms with Gasteiger partial charge in [0.1, 0.15) is 5.54 Å². The van der Waals surface area contributed by atoms with Crippen molar-refractivity contribution < 1.29 is 4.39 Å². The number of nitrogens with two attached hydrogens (primary N) is 1. The molecule has 0 aliphatic carbocycles. The fraction of sp³-hybridized carbons (Fsp3) is 0.421. The van der Waals surface area contributed by atoms with Crippen LogP contribution in [0.1, 0.15) is 23.7 Å². The van der Waals surface area contributed by atoms with Gasteiger partial charge < -0.3 is 15.5 Å². The summed E-state index contributed by atoms with van der Waals surface area (Å²) < 4.78 is 14.7. The molecule has 0 radical (unpaired) electrons. The van der Waals surface area contributed by atoms with Crippen LogP contribution < -0.4 is 10.6 Å². The minimum atomic E-state index is -0.606. The molecule has 0 saturated carbocycles. The van der Waals surface area contributed by atoms with Crippen molar-refractivity contribution in [3.63, 3.8) is 0 Å². The van der Waals surface area contributed by atoms with Crippen molar-refractivity contribution in [2.24, 2.45) is 16.6 Å². The Labute approximate surface area is 173 Å². The molecule has 28 heavy (non-hydrogen) atoms. The molecule has 2 aromatic rings. The molecule has 4 heterocycles. The molecule has 6 nitrogen and oxygen atoms in total. The van der Waals surface area contributed by atoms with Gasteiger partial charge in [-0.25, -0.2) is 19.4 Å². The van der Waals surface area contributed by atoms with E-state index in [-0.39, 0.29) is 19.2 Å². The second kappa shape index (κ2) is 7.00. The van der Waals surface area contributed by atoms with Gasteiger partial charge in [-0.15, -0.1) is 11.3 Å². The van der Waals surface area contributed by atoms with Crippen LogP contribution in [0.15, 0.2) is 29.4 Å². The largest absolute Gasteiger partial charge is 0.370 e. The average molecular weight is 423 g/mol. The van der Waals surface area contributed by atoms with Crippen LogP contribution in [0.5, 0.6) is 0 Å². The highest BCUT2D eigenvalue weighted by Gasteiger charge is 2.54. The molecule has 2 aromatic heterocycles. The van der Waals surface area contributed by atoms with Gasteiger partial charge in [-0.2, -0.15) is 0 Å². The maximum absolute atomic E-state index is 14.0. The van der Waals surface area contributed by atoms with E-state index in [4.69, 9.17) is 22.3 Å². The number of hydrogen-bond acceptors (Lipinski definition) is 7. The van der Waals surface area contributed by atoms with Crippen LogP contribution >= 0.6 is 22.9 Å². The Bertz CT molecular complexity index is 950. The summed E-state index contributed by atoms with van der Waals surface area (Å²) in [6.07, 6.45) is 0. The molecule has 0 amide bonds. The highest BCUT2D eigenvalue weighted by molar-refractivity contribution is 7.16. The van der Waals surface area contributed by atoms with E-state index in [9.17, 15) is 4.39 Å². The zero-order chi connectivity index (χ0) is 19.5. The van der Waals surface area contributed by atoms with Crippen LogP contribution in [-0.4, -0.2) is 41.0 Å². The topological polar surface area (TPSA) is 70.6 Å². The number of anilines is 1. The number of aryl methyl sites for hydroxylation is 2. The van der Waals surface area contributed by atoms with E-state index in [0.29, 0.717) is 40.7 Å². The van der Waals surface area contributed by atoms with Crippen molar-refractivity contribution in [2.45, 2.75) is 26.8 Å². The third-order valence-corrected chi connectivity index (χ3v) is 6.75. The molecule has 0 bridgehead atoms. The number of halogens is 2. The molecule has 2 atom stereocenters. The number of aromatic nitrogens is 2. The first-order valence-corrected chi connectivity index (χ1v) is 9.71. The van der Waals surface area contributed by atoms with Crippen LogP contribution in [0.25, 0.3) is 0 Å². The predicted molar refractivity (Wildman–Crippen MR) is 113 cm³/mol. The molecule has 150 valence electrons. The lowest BCUT2D eigenvalue weighted by molar-refractivity contribution is 0.328. The summed E-state index contributed by atoms with van der Waals surface area (Å²) in [5.74, 6) is 0.516. The number of guanidine groups is 1. The maximum Gasteiger partial charge on any atom is 0.226 e. The van der Waals surface area contributed by atoms with Crippen molar-refractivity contribution in [2.75, 3.05) is 25.0 Å². The standard InChI is InChI=1S/C18H20ClFN6S.CH4/c1-9-15(20)10(2)23-17(22-9)26-7-12-11(3)25(4)16(21)24-18(12,8-26)13-5-6-14(19)27-13;/h5-6,12H,3,7-8H2,1-2,4H3,(H2,21,24);1H4/t12-,18-;/m0./s1. The van der Waals surface area contributed by atoms with Gasteiger partial charge in [-0.3, -0.25) is 0 Å². The summed E-state index contributed by atoms with van der Waals surface area (Å²) >= 11 is 7.69. The molecular weight excluding hydrogens is 399 g/mol. The number of aliphatic imine (C=N–C) groups is 1. The zero-order valence-corrected chi connectivity index (χ0v) is 16.9. The summed E-state index contributed by atoms with van der Waals surface area (Å²) in [5.41, 5.74) is 7.13. The minimum absolute atomic E-state index is 0. The Morgan fingerprint density at radius 3 is 2.54 bits per heavy atom. The van der Waals surface area contributed by atoms with Crippen LogP contribution in [0, 0.1) is 25.6 Å². The van der Waals surface area contributed by atoms with Crippen LogP contribution in [0.3, 0.4) is 0 Å². The third-order valence-electron chi connectivity index (χ3n) is 5.36. The first-order chi connectivity index (χ1) is 12.7. The predicted octanol–water partition coefficient (Wildman–Crippen LogP) is 3.69. The first-order valence-electron chi connectivity index (χ1n) is 8.52. The van der Waals surface area contributed by atoms with E-state index in [2.05, 4.69) is 16.5 Å². The van der Waals surface area contributed by atoms with Gasteiger partial charge in [0.2, 0.25) is 5.95 Å². The average Bonchev–Trinajstić information content (AvgIpc) is 3.22. The van der Waals surface area contributed by atoms with E-state index in [0.717, 1.165) is 10.6 Å². The highest BCUT2D eigenvalue weighted by Crippen LogP contribution is 2.49. The van der Waals surface area contributed by atoms with Crippen molar-refractivity contribution in [1.82, 2.24) is 14.9 Å². The molecule has 2 aliphatic heterocycles. The lowest BCUT2D eigenvalue weighted by Gasteiger charge is -2.39. The Kier molecular flexibility index (Phi) is 5.14. The van der Waals surface area contributed by atoms with Gasteiger partial charge in [0, 0.05) is 30.1 Å². The van der Waals surface area contributed by atoms with Crippen molar-refractivity contribution in [3.8, 4) is 0 Å². The van der Waals surface area contributed by atoms with E-state index in [1.807, 2.05) is 29.0 Å². The number of thiophene rings is 1. The highest BCUT2D eigenvalue weighted by atomic mass is 35.5. The molecular formula is C19H24ClFN6S. The molecule has 0 aromatic carbocycles. The van der Waals surface area contributed by atoms with E-state index < -0.39 is 5.54 Å². The van der Waals surface area contributed by atoms with E-state index in [1.165, 1.54) is 11.3 Å². The summed E-state index contributed by atoms with van der Waals surface area (Å²) in [6, 6.07) is 3.85. The molecule has 1 saturated heterocycles. The number of fused-ring (bicyclic) bond motifs is 1. The monoisotopic (exact) mass is 422 g/mol. The zero-order valence-electron chi connectivity index (χ0n) is 15.3. The van der Waals surface area contributed by atoms with Gasteiger partial charge >= 0.3 is 0 Å². The molecule has 9 heteroatoms. The van der Waals surface area contributed by atoms with E-state index in [1.54, 1.807) is 13.8 Å². The smallest absolute Gasteiger partial charge is 0.226 e. The quantitative estimate of drug-likeness (QED) is 0.799. The Hall–Kier alpha value is -2.19. The molecule has 0 spiro atoms. The third kappa shape index (κ3) is 2.95. The van der Waals surface area contributed by atoms with Gasteiger partial charge in [0.05, 0.1) is 22.3 Å². The molecule has 1 fully saturated rings. The lowest BCUT2D eigenvalue weighted by atomic mass is 9.82. The van der Waals surface area contributed by atoms with Crippen molar-refractivity contribution >= 4 is 34.8 Å². The number of hydrogen-bond donors (Lipinski definition) is 1. The first kappa shape index (κ1) is 20.5. The van der Waals surface area contributed by atoms with Crippen molar-refractivity contribution in [3.05, 3.63) is 50.8 Å². The Morgan fingerprint density at radius 1 is 1.32 bits per heavy atom. The molecule has 4 rings (SSSR count). The second-order valence-corrected chi connectivity index (χ2v) is 8.70. The number of nitrogens with zero attached hydrogens (tertiary/aromatic N) is 5. The van der Waals surface area contributed by atoms with Crippen molar-refractivity contribution in [1.29, 1.82) is 0 Å². The summed E-state index contributed by atoms with van der Waals surface area (Å²) in [5, 5.41) is 0. The van der Waals surface area contributed by atoms with Crippen LogP contribution in [-0.2, 0) is 5.54 Å². The number of rotatable bonds is 2. The van der Waals surface area contributed by atoms with Crippen LogP contribution in [0.2, 0.25) is 4.34 Å². The maximum atomic E-state index is 14.0. The minimum Gasteiger partial charge on any atom is -0.370 e. The van der Waals surface area contributed by atoms with Crippen LogP contribution in [0.4, 0.5) is 10.3 Å². The fourth-order valence-corrected chi connectivity index (χ4v) is 5.05. The lowest BCUT2D eigenvalue weighted by Crippen LogP contribution is -2.48. The normalized spacial score (nSPS) is 24.1. The summed E-state index contributed by atoms with van der Waals surface area (Å²) in [7, 11) is 1.86. The SMILES string of the molecule is C.C=C1[C@@H]2CN(c3nc(C)c(F)c(C)n3)C[C@]2(c2ccc(Cl)s2)N=C(N)N1C. The van der Waals surface area contributed by atoms with Gasteiger partial charge in [0.25, 0.3) is 0 Å². The fourth-order valence-electron chi connectivity index (χ4n) is 3.82. The van der Waals surface area contributed by atoms with E-state index >= 15 is 0 Å². The summed E-state index contributed by atoms with van der Waals surface area (Å²) in [4.78, 5) is 18.4. The van der Waals surface area contributed by atoms with Gasteiger partial charge in [-0.1, -0.05) is 25.6 Å². The van der Waals surface area contributed by atoms with Gasteiger partial charge in [-0.05, 0) is 26.0 Å². The Morgan fingerprint density at radius 2 is 1.96 bits per heavy atom. The molecule has 2 aliphatic rings. The second-order valence-electron chi connectivity index (χ2n) is 6.99. The van der Waals surface area contributed by atoms with Gasteiger partial charge in [0.15, 0.2) is 11.8 Å². The molecule has 2 N–H and O–H groups in total. The Balaban J connectivity index is 0.00000225. The summed E-state index contributed by atoms with van der Waals surface area (Å²) in [6.45, 7) is 8.68.